The highest BCUT2D eigenvalue weighted by atomic mass is 79.9. The first kappa shape index (κ1) is 15.0. The predicted octanol–water partition coefficient (Wildman–Crippen LogP) is 4.26. The second kappa shape index (κ2) is 6.86. The van der Waals surface area contributed by atoms with Crippen LogP contribution in [0.15, 0.2) is 46.9 Å². The Morgan fingerprint density at radius 3 is 2.60 bits per heavy atom. The van der Waals surface area contributed by atoms with Gasteiger partial charge in [-0.1, -0.05) is 18.2 Å². The van der Waals surface area contributed by atoms with Crippen molar-refractivity contribution in [1.29, 1.82) is 0 Å². The molecule has 2 aromatic carbocycles. The van der Waals surface area contributed by atoms with E-state index in [1.807, 2.05) is 12.1 Å². The third-order valence-electron chi connectivity index (χ3n) is 2.91. The fourth-order valence-electron chi connectivity index (χ4n) is 2.00. The summed E-state index contributed by atoms with van der Waals surface area (Å²) in [6.07, 6.45) is 0. The predicted molar refractivity (Wildman–Crippen MR) is 85.3 cm³/mol. The Labute approximate surface area is 127 Å². The van der Waals surface area contributed by atoms with Crippen molar-refractivity contribution >= 4 is 21.6 Å². The van der Waals surface area contributed by atoms with Crippen LogP contribution in [0.4, 0.5) is 10.1 Å². The van der Waals surface area contributed by atoms with Crippen LogP contribution in [0.25, 0.3) is 0 Å². The lowest BCUT2D eigenvalue weighted by Crippen LogP contribution is -2.10. The van der Waals surface area contributed by atoms with E-state index in [1.165, 1.54) is 11.6 Å². The minimum Gasteiger partial charge on any atom is -0.381 e. The van der Waals surface area contributed by atoms with E-state index in [1.54, 1.807) is 12.1 Å². The summed E-state index contributed by atoms with van der Waals surface area (Å²) in [7, 11) is 4.10. The monoisotopic (exact) mass is 336 g/mol. The Bertz CT molecular complexity index is 584. The van der Waals surface area contributed by atoms with Crippen LogP contribution >= 0.6 is 15.9 Å². The fourth-order valence-corrected chi connectivity index (χ4v) is 2.42. The van der Waals surface area contributed by atoms with E-state index in [2.05, 4.69) is 52.4 Å². The highest BCUT2D eigenvalue weighted by molar-refractivity contribution is 9.10. The second-order valence-corrected chi connectivity index (χ2v) is 5.89. The molecule has 106 valence electrons. The molecule has 2 rings (SSSR count). The SMILES string of the molecule is CN(C)Cc1cccc(NCc2ccc(F)c(Br)c2)c1. The van der Waals surface area contributed by atoms with Crippen molar-refractivity contribution in [3.63, 3.8) is 0 Å². The fraction of sp³-hybridized carbons (Fsp3) is 0.250. The van der Waals surface area contributed by atoms with Gasteiger partial charge in [-0.05, 0) is 65.4 Å². The molecule has 2 nitrogen and oxygen atoms in total. The van der Waals surface area contributed by atoms with Crippen molar-refractivity contribution in [2.24, 2.45) is 0 Å². The quantitative estimate of drug-likeness (QED) is 0.877. The van der Waals surface area contributed by atoms with Gasteiger partial charge in [0.1, 0.15) is 5.82 Å². The molecule has 1 N–H and O–H groups in total. The van der Waals surface area contributed by atoms with Gasteiger partial charge in [-0.3, -0.25) is 0 Å². The van der Waals surface area contributed by atoms with Crippen molar-refractivity contribution in [2.75, 3.05) is 19.4 Å². The average molecular weight is 337 g/mol. The van der Waals surface area contributed by atoms with Gasteiger partial charge in [0.15, 0.2) is 0 Å². The van der Waals surface area contributed by atoms with E-state index in [0.717, 1.165) is 17.8 Å². The molecule has 0 bridgehead atoms. The molecule has 0 amide bonds. The first-order valence-corrected chi connectivity index (χ1v) is 7.25. The Morgan fingerprint density at radius 2 is 1.90 bits per heavy atom. The van der Waals surface area contributed by atoms with Crippen LogP contribution in [-0.4, -0.2) is 19.0 Å². The summed E-state index contributed by atoms with van der Waals surface area (Å²) in [5.74, 6) is -0.235. The van der Waals surface area contributed by atoms with Gasteiger partial charge in [0.05, 0.1) is 4.47 Å². The minimum absolute atomic E-state index is 0.235. The van der Waals surface area contributed by atoms with Crippen LogP contribution in [-0.2, 0) is 13.1 Å². The van der Waals surface area contributed by atoms with E-state index < -0.39 is 0 Å². The molecule has 0 fully saturated rings. The molecule has 0 aromatic heterocycles. The summed E-state index contributed by atoms with van der Waals surface area (Å²) in [5.41, 5.74) is 3.38. The molecular weight excluding hydrogens is 319 g/mol. The Morgan fingerprint density at radius 1 is 1.10 bits per heavy atom. The molecule has 0 aliphatic carbocycles. The molecule has 0 radical (unpaired) electrons. The summed E-state index contributed by atoms with van der Waals surface area (Å²) < 4.78 is 13.7. The van der Waals surface area contributed by atoms with Crippen molar-refractivity contribution < 1.29 is 4.39 Å². The van der Waals surface area contributed by atoms with Crippen molar-refractivity contribution in [3.8, 4) is 0 Å². The summed E-state index contributed by atoms with van der Waals surface area (Å²) in [4.78, 5) is 2.14. The molecular formula is C16H18BrFN2. The normalized spacial score (nSPS) is 10.8. The van der Waals surface area contributed by atoms with Gasteiger partial charge >= 0.3 is 0 Å². The third-order valence-corrected chi connectivity index (χ3v) is 3.51. The second-order valence-electron chi connectivity index (χ2n) is 5.04. The maximum atomic E-state index is 13.2. The van der Waals surface area contributed by atoms with Gasteiger partial charge in [-0.25, -0.2) is 4.39 Å². The van der Waals surface area contributed by atoms with Crippen LogP contribution < -0.4 is 5.32 Å². The summed E-state index contributed by atoms with van der Waals surface area (Å²) in [6, 6.07) is 13.4. The number of halogens is 2. The van der Waals surface area contributed by atoms with Crippen LogP contribution in [0, 0.1) is 5.82 Å². The number of benzene rings is 2. The molecule has 4 heteroatoms. The number of anilines is 1. The Hall–Kier alpha value is -1.39. The zero-order valence-electron chi connectivity index (χ0n) is 11.7. The minimum atomic E-state index is -0.235. The molecule has 0 spiro atoms. The molecule has 2 aromatic rings. The van der Waals surface area contributed by atoms with Crippen molar-refractivity contribution in [3.05, 3.63) is 63.9 Å². The van der Waals surface area contributed by atoms with Crippen LogP contribution in [0.5, 0.6) is 0 Å². The lowest BCUT2D eigenvalue weighted by atomic mass is 10.1. The van der Waals surface area contributed by atoms with E-state index in [9.17, 15) is 4.39 Å². The lowest BCUT2D eigenvalue weighted by molar-refractivity contribution is 0.402. The molecule has 0 saturated heterocycles. The average Bonchev–Trinajstić information content (AvgIpc) is 2.40. The molecule has 0 heterocycles. The number of nitrogens with zero attached hydrogens (tertiary/aromatic N) is 1. The number of rotatable bonds is 5. The van der Waals surface area contributed by atoms with Crippen LogP contribution in [0.1, 0.15) is 11.1 Å². The first-order valence-electron chi connectivity index (χ1n) is 6.46. The summed E-state index contributed by atoms with van der Waals surface area (Å²) in [5, 5.41) is 3.36. The van der Waals surface area contributed by atoms with E-state index in [0.29, 0.717) is 11.0 Å². The van der Waals surface area contributed by atoms with Gasteiger partial charge in [0.2, 0.25) is 0 Å². The van der Waals surface area contributed by atoms with E-state index >= 15 is 0 Å². The zero-order valence-corrected chi connectivity index (χ0v) is 13.2. The van der Waals surface area contributed by atoms with Crippen LogP contribution in [0.2, 0.25) is 0 Å². The number of hydrogen-bond donors (Lipinski definition) is 1. The van der Waals surface area contributed by atoms with Gasteiger partial charge in [-0.15, -0.1) is 0 Å². The van der Waals surface area contributed by atoms with E-state index in [-0.39, 0.29) is 5.82 Å². The van der Waals surface area contributed by atoms with Gasteiger partial charge < -0.3 is 10.2 Å². The Kier molecular flexibility index (Phi) is 5.15. The van der Waals surface area contributed by atoms with Gasteiger partial charge in [-0.2, -0.15) is 0 Å². The van der Waals surface area contributed by atoms with Crippen molar-refractivity contribution in [1.82, 2.24) is 4.90 Å². The summed E-state index contributed by atoms with van der Waals surface area (Å²) >= 11 is 3.20. The smallest absolute Gasteiger partial charge is 0.137 e. The standard InChI is InChI=1S/C16H18BrFN2/c1-20(2)11-13-4-3-5-14(8-13)19-10-12-6-7-16(18)15(17)9-12/h3-9,19H,10-11H2,1-2H3. The molecule has 20 heavy (non-hydrogen) atoms. The maximum absolute atomic E-state index is 13.2. The van der Waals surface area contributed by atoms with E-state index in [4.69, 9.17) is 0 Å². The maximum Gasteiger partial charge on any atom is 0.137 e. The number of nitrogens with one attached hydrogen (secondary N) is 1. The largest absolute Gasteiger partial charge is 0.381 e. The topological polar surface area (TPSA) is 15.3 Å². The van der Waals surface area contributed by atoms with Gasteiger partial charge in [0, 0.05) is 18.8 Å². The highest BCUT2D eigenvalue weighted by Gasteiger charge is 2.01. The summed E-state index contributed by atoms with van der Waals surface area (Å²) in [6.45, 7) is 1.59. The molecule has 0 aliphatic heterocycles. The third kappa shape index (κ3) is 4.32. The first-order chi connectivity index (χ1) is 9.54. The molecule has 0 saturated carbocycles. The lowest BCUT2D eigenvalue weighted by Gasteiger charge is -2.12. The molecule has 0 unspecified atom stereocenters. The molecule has 0 aliphatic rings. The van der Waals surface area contributed by atoms with Crippen molar-refractivity contribution in [2.45, 2.75) is 13.1 Å². The zero-order chi connectivity index (χ0) is 14.5. The van der Waals surface area contributed by atoms with Crippen LogP contribution in [0.3, 0.4) is 0 Å². The highest BCUT2D eigenvalue weighted by Crippen LogP contribution is 2.18. The number of hydrogen-bond acceptors (Lipinski definition) is 2. The van der Waals surface area contributed by atoms with Gasteiger partial charge in [0.25, 0.3) is 0 Å². The molecule has 0 atom stereocenters. The Balaban J connectivity index is 2.01.